The number of fused-ring (bicyclic) bond motifs is 1. The summed E-state index contributed by atoms with van der Waals surface area (Å²) in [5, 5.41) is 10.1. The number of aromatic nitrogens is 2. The van der Waals surface area contributed by atoms with Crippen molar-refractivity contribution in [2.75, 3.05) is 22.2 Å². The van der Waals surface area contributed by atoms with E-state index in [4.69, 9.17) is 0 Å². The van der Waals surface area contributed by atoms with Crippen LogP contribution in [0.3, 0.4) is 0 Å². The molecule has 0 aliphatic heterocycles. The number of hydrogen-bond acceptors (Lipinski definition) is 7. The minimum absolute atomic E-state index is 0.214. The van der Waals surface area contributed by atoms with Crippen molar-refractivity contribution < 1.29 is 13.2 Å². The number of rotatable bonds is 7. The Kier molecular flexibility index (Phi) is 6.53. The normalized spacial score (nSPS) is 11.2. The first-order valence-electron chi connectivity index (χ1n) is 11.4. The van der Waals surface area contributed by atoms with Crippen molar-refractivity contribution in [3.05, 3.63) is 109 Å². The molecule has 1 amide bonds. The van der Waals surface area contributed by atoms with E-state index in [1.165, 1.54) is 6.26 Å². The van der Waals surface area contributed by atoms with E-state index < -0.39 is 9.84 Å². The number of anilines is 5. The number of hydrogen-bond donors (Lipinski definition) is 3. The average Bonchev–Trinajstić information content (AvgIpc) is 2.90. The first kappa shape index (κ1) is 24.0. The Morgan fingerprint density at radius 1 is 0.730 bits per heavy atom. The molecule has 0 fully saturated rings. The molecule has 37 heavy (non-hydrogen) atoms. The predicted octanol–water partition coefficient (Wildman–Crippen LogP) is 5.77. The van der Waals surface area contributed by atoms with Gasteiger partial charge in [0.2, 0.25) is 0 Å². The molecule has 0 aliphatic rings. The maximum absolute atomic E-state index is 12.9. The largest absolute Gasteiger partial charge is 0.355 e. The first-order valence-corrected chi connectivity index (χ1v) is 13.3. The Bertz CT molecular complexity index is 1690. The van der Waals surface area contributed by atoms with Crippen LogP contribution in [0, 0.1) is 0 Å². The third kappa shape index (κ3) is 5.74. The van der Waals surface area contributed by atoms with Gasteiger partial charge in [0.1, 0.15) is 0 Å². The molecule has 3 aromatic carbocycles. The molecule has 0 saturated heterocycles. The molecule has 2 heterocycles. The van der Waals surface area contributed by atoms with Gasteiger partial charge in [-0.2, -0.15) is 0 Å². The summed E-state index contributed by atoms with van der Waals surface area (Å²) in [5.74, 6) is -0.252. The zero-order valence-electron chi connectivity index (χ0n) is 19.8. The average molecular weight is 510 g/mol. The molecule has 9 heteroatoms. The molecule has 0 spiro atoms. The molecule has 5 rings (SSSR count). The van der Waals surface area contributed by atoms with Crippen LogP contribution in [0.5, 0.6) is 0 Å². The molecule has 2 aromatic heterocycles. The number of benzene rings is 3. The van der Waals surface area contributed by atoms with Crippen molar-refractivity contribution in [1.82, 2.24) is 9.97 Å². The minimum Gasteiger partial charge on any atom is -0.355 e. The van der Waals surface area contributed by atoms with Crippen molar-refractivity contribution in [3.8, 4) is 0 Å². The fourth-order valence-electron chi connectivity index (χ4n) is 3.80. The Morgan fingerprint density at radius 2 is 1.46 bits per heavy atom. The highest BCUT2D eigenvalue weighted by atomic mass is 32.2. The Labute approximate surface area is 214 Å². The number of nitrogens with one attached hydrogen (secondary N) is 3. The summed E-state index contributed by atoms with van der Waals surface area (Å²) in [6.07, 6.45) is 6.24. The van der Waals surface area contributed by atoms with Crippen LogP contribution < -0.4 is 16.0 Å². The molecule has 8 nitrogen and oxygen atoms in total. The van der Waals surface area contributed by atoms with E-state index >= 15 is 0 Å². The number of pyridine rings is 2. The van der Waals surface area contributed by atoms with Crippen molar-refractivity contribution in [3.63, 3.8) is 0 Å². The van der Waals surface area contributed by atoms with Gasteiger partial charge in [-0.25, -0.2) is 8.42 Å². The molecule has 0 saturated carbocycles. The predicted molar refractivity (Wildman–Crippen MR) is 146 cm³/mol. The molecule has 0 bridgehead atoms. The van der Waals surface area contributed by atoms with Crippen LogP contribution >= 0.6 is 0 Å². The fraction of sp³-hybridized carbons (Fsp3) is 0.0357. The number of sulfone groups is 1. The number of amides is 1. The van der Waals surface area contributed by atoms with E-state index in [0.29, 0.717) is 33.5 Å². The van der Waals surface area contributed by atoms with Crippen LogP contribution in [-0.4, -0.2) is 30.5 Å². The highest BCUT2D eigenvalue weighted by molar-refractivity contribution is 7.90. The van der Waals surface area contributed by atoms with E-state index in [9.17, 15) is 13.2 Å². The summed E-state index contributed by atoms with van der Waals surface area (Å²) in [5.41, 5.74) is 4.97. The van der Waals surface area contributed by atoms with Crippen LogP contribution in [0.2, 0.25) is 0 Å². The Morgan fingerprint density at radius 3 is 2.22 bits per heavy atom. The van der Waals surface area contributed by atoms with Crippen LogP contribution in [0.15, 0.2) is 108 Å². The van der Waals surface area contributed by atoms with Gasteiger partial charge in [-0.3, -0.25) is 14.8 Å². The molecule has 0 unspecified atom stereocenters. The second-order valence-corrected chi connectivity index (χ2v) is 10.4. The molecule has 184 valence electrons. The van der Waals surface area contributed by atoms with Gasteiger partial charge < -0.3 is 16.0 Å². The second kappa shape index (κ2) is 10.1. The van der Waals surface area contributed by atoms with E-state index in [0.717, 1.165) is 11.4 Å². The fourth-order valence-corrected chi connectivity index (χ4v) is 4.45. The molecule has 3 N–H and O–H groups in total. The topological polar surface area (TPSA) is 113 Å². The van der Waals surface area contributed by atoms with Crippen molar-refractivity contribution >= 4 is 55.1 Å². The van der Waals surface area contributed by atoms with Gasteiger partial charge >= 0.3 is 0 Å². The van der Waals surface area contributed by atoms with Crippen LogP contribution in [-0.2, 0) is 9.84 Å². The molecule has 0 atom stereocenters. The monoisotopic (exact) mass is 509 g/mol. The summed E-state index contributed by atoms with van der Waals surface area (Å²) in [4.78, 5) is 21.5. The SMILES string of the molecule is CS(=O)(=O)c1ccc2nccc(Nc3cccc(C(=O)Nc4ccc(Nc5ccncc5)cc4)c3)c2c1. The maximum Gasteiger partial charge on any atom is 0.255 e. The minimum atomic E-state index is -3.37. The molecule has 0 radical (unpaired) electrons. The van der Waals surface area contributed by atoms with Gasteiger partial charge in [-0.15, -0.1) is 0 Å². The third-order valence-electron chi connectivity index (χ3n) is 5.66. The lowest BCUT2D eigenvalue weighted by atomic mass is 10.1. The van der Waals surface area contributed by atoms with Gasteiger partial charge in [-0.1, -0.05) is 6.07 Å². The summed E-state index contributed by atoms with van der Waals surface area (Å²) in [6.45, 7) is 0. The second-order valence-electron chi connectivity index (χ2n) is 8.41. The zero-order chi connectivity index (χ0) is 25.8. The van der Waals surface area contributed by atoms with E-state index in [1.807, 2.05) is 42.5 Å². The maximum atomic E-state index is 12.9. The Hall–Kier alpha value is -4.76. The van der Waals surface area contributed by atoms with Crippen LogP contribution in [0.25, 0.3) is 10.9 Å². The van der Waals surface area contributed by atoms with Crippen molar-refractivity contribution in [2.24, 2.45) is 0 Å². The summed E-state index contributed by atoms with van der Waals surface area (Å²) in [7, 11) is -3.37. The lowest BCUT2D eigenvalue weighted by Crippen LogP contribution is -2.12. The smallest absolute Gasteiger partial charge is 0.255 e. The highest BCUT2D eigenvalue weighted by Gasteiger charge is 2.12. The van der Waals surface area contributed by atoms with Crippen molar-refractivity contribution in [2.45, 2.75) is 4.90 Å². The zero-order valence-corrected chi connectivity index (χ0v) is 20.7. The molecule has 0 aliphatic carbocycles. The lowest BCUT2D eigenvalue weighted by Gasteiger charge is -2.12. The van der Waals surface area contributed by atoms with E-state index in [-0.39, 0.29) is 10.8 Å². The van der Waals surface area contributed by atoms with Gasteiger partial charge in [0.25, 0.3) is 5.91 Å². The van der Waals surface area contributed by atoms with Crippen molar-refractivity contribution in [1.29, 1.82) is 0 Å². The standard InChI is InChI=1S/C28H23N5O3S/c1-37(35,36)24-9-10-26-25(18-24)27(13-16-30-26)32-23-4-2-3-19(17-23)28(34)33-21-7-5-20(6-8-21)31-22-11-14-29-15-12-22/h2-18H,1H3,(H,29,31)(H,30,32)(H,33,34). The van der Waals surface area contributed by atoms with Crippen LogP contribution in [0.1, 0.15) is 10.4 Å². The van der Waals surface area contributed by atoms with Crippen LogP contribution in [0.4, 0.5) is 28.4 Å². The number of carbonyl (C=O) groups excluding carboxylic acids is 1. The van der Waals surface area contributed by atoms with E-state index in [1.54, 1.807) is 61.1 Å². The first-order chi connectivity index (χ1) is 17.8. The summed E-state index contributed by atoms with van der Waals surface area (Å²) in [6, 6.07) is 24.8. The number of nitrogens with zero attached hydrogens (tertiary/aromatic N) is 2. The third-order valence-corrected chi connectivity index (χ3v) is 6.77. The summed E-state index contributed by atoms with van der Waals surface area (Å²) >= 11 is 0. The number of carbonyl (C=O) groups is 1. The van der Waals surface area contributed by atoms with Gasteiger partial charge in [0.15, 0.2) is 9.84 Å². The van der Waals surface area contributed by atoms with Gasteiger partial charge in [-0.05, 0) is 78.9 Å². The van der Waals surface area contributed by atoms with Gasteiger partial charge in [0.05, 0.1) is 10.4 Å². The van der Waals surface area contributed by atoms with Gasteiger partial charge in [0, 0.05) is 64.2 Å². The highest BCUT2D eigenvalue weighted by Crippen LogP contribution is 2.28. The summed E-state index contributed by atoms with van der Waals surface area (Å²) < 4.78 is 24.1. The quantitative estimate of drug-likeness (QED) is 0.255. The Balaban J connectivity index is 1.32. The molecular formula is C28H23N5O3S. The lowest BCUT2D eigenvalue weighted by molar-refractivity contribution is 0.102. The molecule has 5 aromatic rings. The van der Waals surface area contributed by atoms with E-state index in [2.05, 4.69) is 25.9 Å². The molecular weight excluding hydrogens is 486 g/mol.